The van der Waals surface area contributed by atoms with E-state index in [1.54, 1.807) is 19.1 Å². The van der Waals surface area contributed by atoms with Gasteiger partial charge >= 0.3 is 5.97 Å². The van der Waals surface area contributed by atoms with Crippen LogP contribution >= 0.6 is 0 Å². The Morgan fingerprint density at radius 2 is 1.63 bits per heavy atom. The van der Waals surface area contributed by atoms with Crippen molar-refractivity contribution in [3.05, 3.63) is 94.5 Å². The number of carboxylic acid groups (broad SMARTS) is 1. The van der Waals surface area contributed by atoms with Crippen molar-refractivity contribution >= 4 is 16.9 Å². The number of hydrogen-bond donors (Lipinski definition) is 1. The van der Waals surface area contributed by atoms with Crippen LogP contribution in [0.3, 0.4) is 0 Å². The zero-order valence-electron chi connectivity index (χ0n) is 14.6. The smallest absolute Gasteiger partial charge is 0.335 e. The molecule has 5 heteroatoms. The summed E-state index contributed by atoms with van der Waals surface area (Å²) in [6, 6.07) is 21.7. The average Bonchev–Trinajstić information content (AvgIpc) is 2.69. The first-order valence-corrected chi connectivity index (χ1v) is 8.47. The van der Waals surface area contributed by atoms with Crippen molar-refractivity contribution in [2.24, 2.45) is 0 Å². The number of nitrogens with zero attached hydrogens (tertiary/aromatic N) is 2. The molecule has 1 aromatic heterocycles. The van der Waals surface area contributed by atoms with Crippen LogP contribution in [0.1, 0.15) is 16.2 Å². The third kappa shape index (κ3) is 3.00. The van der Waals surface area contributed by atoms with Crippen LogP contribution in [0.15, 0.2) is 77.6 Å². The normalized spacial score (nSPS) is 10.9. The molecule has 3 aromatic carbocycles. The van der Waals surface area contributed by atoms with E-state index < -0.39 is 5.97 Å². The molecule has 0 saturated carbocycles. The fourth-order valence-corrected chi connectivity index (χ4v) is 3.16. The van der Waals surface area contributed by atoms with Gasteiger partial charge < -0.3 is 5.11 Å². The van der Waals surface area contributed by atoms with Gasteiger partial charge in [-0.2, -0.15) is 0 Å². The van der Waals surface area contributed by atoms with E-state index in [4.69, 9.17) is 5.11 Å². The number of carbonyl (C=O) groups is 1. The number of hydrogen-bond acceptors (Lipinski definition) is 3. The summed E-state index contributed by atoms with van der Waals surface area (Å²) in [6.07, 6.45) is 0. The summed E-state index contributed by atoms with van der Waals surface area (Å²) >= 11 is 0. The van der Waals surface area contributed by atoms with E-state index in [2.05, 4.69) is 4.98 Å². The Balaban J connectivity index is 1.91. The molecule has 4 rings (SSSR count). The van der Waals surface area contributed by atoms with Gasteiger partial charge in [-0.25, -0.2) is 9.78 Å². The van der Waals surface area contributed by atoms with Gasteiger partial charge in [0, 0.05) is 0 Å². The van der Waals surface area contributed by atoms with Crippen LogP contribution in [0.2, 0.25) is 0 Å². The van der Waals surface area contributed by atoms with E-state index in [1.807, 2.05) is 48.5 Å². The molecule has 0 radical (unpaired) electrons. The second-order valence-electron chi connectivity index (χ2n) is 6.25. The topological polar surface area (TPSA) is 72.2 Å². The highest BCUT2D eigenvalue weighted by Crippen LogP contribution is 2.22. The minimum atomic E-state index is -1.00. The molecule has 0 unspecified atom stereocenters. The monoisotopic (exact) mass is 356 g/mol. The molecule has 0 atom stereocenters. The van der Waals surface area contributed by atoms with Crippen LogP contribution in [0.5, 0.6) is 0 Å². The van der Waals surface area contributed by atoms with E-state index in [1.165, 1.54) is 16.7 Å². The van der Waals surface area contributed by atoms with Gasteiger partial charge in [0.2, 0.25) is 0 Å². The highest BCUT2D eigenvalue weighted by molar-refractivity contribution is 5.88. The fraction of sp³-hybridized carbons (Fsp3) is 0.0455. The van der Waals surface area contributed by atoms with Crippen LogP contribution in [-0.4, -0.2) is 20.6 Å². The number of fused-ring (bicyclic) bond motifs is 1. The van der Waals surface area contributed by atoms with Crippen molar-refractivity contribution in [3.63, 3.8) is 0 Å². The zero-order valence-corrected chi connectivity index (χ0v) is 14.6. The first-order chi connectivity index (χ1) is 13.0. The molecule has 1 heterocycles. The van der Waals surface area contributed by atoms with Gasteiger partial charge in [0.15, 0.2) is 0 Å². The minimum absolute atomic E-state index is 0.171. The highest BCUT2D eigenvalue weighted by Gasteiger charge is 2.12. The van der Waals surface area contributed by atoms with Crippen molar-refractivity contribution in [2.75, 3.05) is 0 Å². The van der Waals surface area contributed by atoms with E-state index in [0.29, 0.717) is 22.4 Å². The maximum Gasteiger partial charge on any atom is 0.335 e. The van der Waals surface area contributed by atoms with Crippen LogP contribution in [-0.2, 0) is 0 Å². The summed E-state index contributed by atoms with van der Waals surface area (Å²) in [5.41, 5.74) is 3.18. The maximum absolute atomic E-state index is 13.2. The van der Waals surface area contributed by atoms with E-state index in [-0.39, 0.29) is 11.1 Å². The van der Waals surface area contributed by atoms with Crippen LogP contribution < -0.4 is 5.56 Å². The Hall–Kier alpha value is -3.73. The number of carboxylic acids is 1. The average molecular weight is 356 g/mol. The Morgan fingerprint density at radius 3 is 2.30 bits per heavy atom. The van der Waals surface area contributed by atoms with Gasteiger partial charge in [0.05, 0.1) is 22.2 Å². The Morgan fingerprint density at radius 1 is 0.926 bits per heavy atom. The van der Waals surface area contributed by atoms with Crippen molar-refractivity contribution in [1.82, 2.24) is 9.55 Å². The lowest BCUT2D eigenvalue weighted by Crippen LogP contribution is -2.22. The minimum Gasteiger partial charge on any atom is -0.478 e. The first-order valence-electron chi connectivity index (χ1n) is 8.47. The van der Waals surface area contributed by atoms with E-state index in [9.17, 15) is 9.59 Å². The summed E-state index contributed by atoms with van der Waals surface area (Å²) < 4.78 is 1.50. The first kappa shape index (κ1) is 16.7. The van der Waals surface area contributed by atoms with Crippen molar-refractivity contribution < 1.29 is 9.90 Å². The number of aromatic carboxylic acids is 1. The summed E-state index contributed by atoms with van der Waals surface area (Å²) in [4.78, 5) is 28.8. The second kappa shape index (κ2) is 6.53. The van der Waals surface area contributed by atoms with Crippen LogP contribution in [0.4, 0.5) is 0 Å². The zero-order chi connectivity index (χ0) is 19.0. The predicted molar refractivity (Wildman–Crippen MR) is 104 cm³/mol. The molecule has 0 bridgehead atoms. The molecular weight excluding hydrogens is 340 g/mol. The third-order valence-corrected chi connectivity index (χ3v) is 4.52. The van der Waals surface area contributed by atoms with Gasteiger partial charge in [-0.1, -0.05) is 36.4 Å². The number of benzene rings is 3. The van der Waals surface area contributed by atoms with Gasteiger partial charge in [0.25, 0.3) is 5.56 Å². The van der Waals surface area contributed by atoms with Gasteiger partial charge in [-0.3, -0.25) is 9.36 Å². The van der Waals surface area contributed by atoms with Gasteiger partial charge in [-0.15, -0.1) is 0 Å². The Labute approximate surface area is 155 Å². The number of aromatic nitrogens is 2. The molecule has 1 N–H and O–H groups in total. The summed E-state index contributed by atoms with van der Waals surface area (Å²) in [7, 11) is 0. The lowest BCUT2D eigenvalue weighted by Gasteiger charge is -2.12. The number of rotatable bonds is 3. The van der Waals surface area contributed by atoms with Crippen molar-refractivity contribution in [1.29, 1.82) is 0 Å². The molecule has 0 aliphatic rings. The molecule has 0 aliphatic carbocycles. The standard InChI is InChI=1S/C22H16N2O3/c1-14-23-20-12-9-17(15-5-3-2-4-6-15)13-19(20)21(25)24(14)18-10-7-16(8-11-18)22(26)27/h2-13H,1H3,(H,26,27). The molecule has 5 nitrogen and oxygen atoms in total. The van der Waals surface area contributed by atoms with Crippen LogP contribution in [0, 0.1) is 6.92 Å². The third-order valence-electron chi connectivity index (χ3n) is 4.52. The van der Waals surface area contributed by atoms with Crippen molar-refractivity contribution in [3.8, 4) is 16.8 Å². The lowest BCUT2D eigenvalue weighted by atomic mass is 10.0. The SMILES string of the molecule is Cc1nc2ccc(-c3ccccc3)cc2c(=O)n1-c1ccc(C(=O)O)cc1. The number of aryl methyl sites for hydroxylation is 1. The summed E-state index contributed by atoms with van der Waals surface area (Å²) in [5, 5.41) is 9.57. The quantitative estimate of drug-likeness (QED) is 0.601. The van der Waals surface area contributed by atoms with Gasteiger partial charge in [-0.05, 0) is 54.4 Å². The molecule has 132 valence electrons. The van der Waals surface area contributed by atoms with Gasteiger partial charge in [0.1, 0.15) is 5.82 Å². The molecule has 0 fully saturated rings. The van der Waals surface area contributed by atoms with Crippen LogP contribution in [0.25, 0.3) is 27.7 Å². The molecule has 0 spiro atoms. The molecule has 0 saturated heterocycles. The molecule has 4 aromatic rings. The van der Waals surface area contributed by atoms with E-state index in [0.717, 1.165) is 11.1 Å². The molecule has 0 amide bonds. The van der Waals surface area contributed by atoms with E-state index >= 15 is 0 Å². The lowest BCUT2D eigenvalue weighted by molar-refractivity contribution is 0.0697. The second-order valence-corrected chi connectivity index (χ2v) is 6.25. The Bertz CT molecular complexity index is 1210. The predicted octanol–water partition coefficient (Wildman–Crippen LogP) is 4.06. The molecular formula is C22H16N2O3. The molecule has 0 aliphatic heterocycles. The van der Waals surface area contributed by atoms with Crippen molar-refractivity contribution in [2.45, 2.75) is 6.92 Å². The summed E-state index contributed by atoms with van der Waals surface area (Å²) in [5.74, 6) is -0.460. The molecule has 27 heavy (non-hydrogen) atoms. The maximum atomic E-state index is 13.2. The largest absolute Gasteiger partial charge is 0.478 e. The fourth-order valence-electron chi connectivity index (χ4n) is 3.16. The summed E-state index contributed by atoms with van der Waals surface area (Å²) in [6.45, 7) is 1.76. The highest BCUT2D eigenvalue weighted by atomic mass is 16.4. The Kier molecular flexibility index (Phi) is 4.05.